The third-order valence-corrected chi connectivity index (χ3v) is 3.09. The van der Waals surface area contributed by atoms with Crippen LogP contribution in [0.2, 0.25) is 0 Å². The van der Waals surface area contributed by atoms with E-state index in [4.69, 9.17) is 0 Å². The molecule has 1 aliphatic carbocycles. The van der Waals surface area contributed by atoms with E-state index in [1.165, 1.54) is 0 Å². The van der Waals surface area contributed by atoms with Crippen molar-refractivity contribution in [2.24, 2.45) is 11.3 Å². The zero-order valence-electron chi connectivity index (χ0n) is 9.68. The molecule has 1 N–H and O–H groups in total. The SMILES string of the molecule is CC(CNC1=CC(=O)CC1)C(C)(C)C. The van der Waals surface area contributed by atoms with Crippen molar-refractivity contribution in [2.75, 3.05) is 6.54 Å². The van der Waals surface area contributed by atoms with E-state index in [1.807, 2.05) is 0 Å². The van der Waals surface area contributed by atoms with Crippen molar-refractivity contribution < 1.29 is 4.79 Å². The first-order valence-electron chi connectivity index (χ1n) is 5.37. The smallest absolute Gasteiger partial charge is 0.157 e. The normalized spacial score (nSPS) is 19.4. The average molecular weight is 195 g/mol. The summed E-state index contributed by atoms with van der Waals surface area (Å²) in [7, 11) is 0. The third kappa shape index (κ3) is 3.17. The second-order valence-electron chi connectivity index (χ2n) is 5.28. The van der Waals surface area contributed by atoms with Gasteiger partial charge in [0.2, 0.25) is 0 Å². The molecule has 1 rings (SSSR count). The Hall–Kier alpha value is -0.790. The number of carbonyl (C=O) groups is 1. The summed E-state index contributed by atoms with van der Waals surface area (Å²) < 4.78 is 0. The number of nitrogens with one attached hydrogen (secondary N) is 1. The highest BCUT2D eigenvalue weighted by Crippen LogP contribution is 2.25. The fraction of sp³-hybridized carbons (Fsp3) is 0.750. The van der Waals surface area contributed by atoms with Crippen LogP contribution in [-0.4, -0.2) is 12.3 Å². The Bertz CT molecular complexity index is 248. The van der Waals surface area contributed by atoms with Crippen LogP contribution in [0.5, 0.6) is 0 Å². The maximum absolute atomic E-state index is 11.0. The molecule has 0 radical (unpaired) electrons. The molecule has 1 atom stereocenters. The van der Waals surface area contributed by atoms with Gasteiger partial charge in [0.1, 0.15) is 0 Å². The molecule has 0 bridgehead atoms. The molecule has 0 spiro atoms. The van der Waals surface area contributed by atoms with Gasteiger partial charge in [0.25, 0.3) is 0 Å². The number of hydrogen-bond acceptors (Lipinski definition) is 2. The van der Waals surface area contributed by atoms with Crippen molar-refractivity contribution in [3.63, 3.8) is 0 Å². The van der Waals surface area contributed by atoms with Crippen LogP contribution >= 0.6 is 0 Å². The van der Waals surface area contributed by atoms with Gasteiger partial charge in [0, 0.05) is 24.7 Å². The third-order valence-electron chi connectivity index (χ3n) is 3.09. The van der Waals surface area contributed by atoms with Crippen LogP contribution in [0, 0.1) is 11.3 Å². The molecule has 1 aliphatic rings. The molecule has 0 aromatic rings. The van der Waals surface area contributed by atoms with Crippen molar-refractivity contribution >= 4 is 5.78 Å². The van der Waals surface area contributed by atoms with E-state index < -0.39 is 0 Å². The predicted molar refractivity (Wildman–Crippen MR) is 58.9 cm³/mol. The van der Waals surface area contributed by atoms with Crippen LogP contribution in [0.15, 0.2) is 11.8 Å². The fourth-order valence-electron chi connectivity index (χ4n) is 1.33. The van der Waals surface area contributed by atoms with Crippen molar-refractivity contribution in [1.29, 1.82) is 0 Å². The first-order valence-corrected chi connectivity index (χ1v) is 5.37. The van der Waals surface area contributed by atoms with E-state index in [0.29, 0.717) is 17.8 Å². The Morgan fingerprint density at radius 3 is 2.50 bits per heavy atom. The zero-order valence-corrected chi connectivity index (χ0v) is 9.68. The first kappa shape index (κ1) is 11.3. The highest BCUT2D eigenvalue weighted by Gasteiger charge is 2.20. The maximum Gasteiger partial charge on any atom is 0.157 e. The molecule has 0 saturated carbocycles. The van der Waals surface area contributed by atoms with Crippen LogP contribution in [-0.2, 0) is 4.79 Å². The number of rotatable bonds is 3. The number of carbonyl (C=O) groups excluding carboxylic acids is 1. The van der Waals surface area contributed by atoms with Crippen molar-refractivity contribution in [3.8, 4) is 0 Å². The lowest BCUT2D eigenvalue weighted by molar-refractivity contribution is -0.114. The summed E-state index contributed by atoms with van der Waals surface area (Å²) in [6, 6.07) is 0. The minimum atomic E-state index is 0.260. The summed E-state index contributed by atoms with van der Waals surface area (Å²) in [6.07, 6.45) is 3.33. The van der Waals surface area contributed by atoms with Gasteiger partial charge in [-0.2, -0.15) is 0 Å². The quantitative estimate of drug-likeness (QED) is 0.749. The molecule has 0 fully saturated rings. The zero-order chi connectivity index (χ0) is 10.8. The molecule has 0 aromatic carbocycles. The Kier molecular flexibility index (Phi) is 3.35. The van der Waals surface area contributed by atoms with Gasteiger partial charge in [-0.15, -0.1) is 0 Å². The van der Waals surface area contributed by atoms with E-state index in [1.54, 1.807) is 6.08 Å². The van der Waals surface area contributed by atoms with Gasteiger partial charge in [-0.1, -0.05) is 27.7 Å². The van der Waals surface area contributed by atoms with Gasteiger partial charge in [-0.25, -0.2) is 0 Å². The Morgan fingerprint density at radius 1 is 1.43 bits per heavy atom. The van der Waals surface area contributed by atoms with E-state index in [2.05, 4.69) is 33.0 Å². The lowest BCUT2D eigenvalue weighted by atomic mass is 9.82. The molecule has 0 amide bonds. The number of ketones is 1. The lowest BCUT2D eigenvalue weighted by Gasteiger charge is -2.27. The average Bonchev–Trinajstić information content (AvgIpc) is 2.45. The number of hydrogen-bond donors (Lipinski definition) is 1. The molecule has 0 saturated heterocycles. The largest absolute Gasteiger partial charge is 0.388 e. The van der Waals surface area contributed by atoms with Gasteiger partial charge in [-0.3, -0.25) is 4.79 Å². The Morgan fingerprint density at radius 2 is 2.07 bits per heavy atom. The number of allylic oxidation sites excluding steroid dienone is 2. The van der Waals surface area contributed by atoms with Crippen molar-refractivity contribution in [1.82, 2.24) is 5.32 Å². The first-order chi connectivity index (χ1) is 6.39. The van der Waals surface area contributed by atoms with E-state index >= 15 is 0 Å². The second kappa shape index (κ2) is 4.16. The molecule has 80 valence electrons. The molecule has 2 nitrogen and oxygen atoms in total. The van der Waals surface area contributed by atoms with E-state index in [0.717, 1.165) is 18.7 Å². The summed E-state index contributed by atoms with van der Waals surface area (Å²) >= 11 is 0. The fourth-order valence-corrected chi connectivity index (χ4v) is 1.33. The highest BCUT2D eigenvalue weighted by atomic mass is 16.1. The lowest BCUT2D eigenvalue weighted by Crippen LogP contribution is -2.28. The molecule has 2 heteroatoms. The second-order valence-corrected chi connectivity index (χ2v) is 5.28. The van der Waals surface area contributed by atoms with Crippen LogP contribution in [0.3, 0.4) is 0 Å². The molecule has 14 heavy (non-hydrogen) atoms. The minimum absolute atomic E-state index is 0.260. The topological polar surface area (TPSA) is 29.1 Å². The van der Waals surface area contributed by atoms with Crippen LogP contribution in [0.1, 0.15) is 40.5 Å². The summed E-state index contributed by atoms with van der Waals surface area (Å²) in [5, 5.41) is 3.36. The standard InChI is InChI=1S/C12H21NO/c1-9(12(2,3)4)8-13-10-5-6-11(14)7-10/h7,9,13H,5-6,8H2,1-4H3. The molecule has 1 unspecified atom stereocenters. The van der Waals surface area contributed by atoms with Gasteiger partial charge in [0.05, 0.1) is 0 Å². The Labute approximate surface area is 86.8 Å². The van der Waals surface area contributed by atoms with E-state index in [-0.39, 0.29) is 5.78 Å². The summed E-state index contributed by atoms with van der Waals surface area (Å²) in [6.45, 7) is 9.93. The molecular weight excluding hydrogens is 174 g/mol. The summed E-state index contributed by atoms with van der Waals surface area (Å²) in [5.74, 6) is 0.870. The van der Waals surface area contributed by atoms with Gasteiger partial charge in [0.15, 0.2) is 5.78 Å². The minimum Gasteiger partial charge on any atom is -0.388 e. The van der Waals surface area contributed by atoms with E-state index in [9.17, 15) is 4.79 Å². The molecular formula is C12H21NO. The maximum atomic E-state index is 11.0. The van der Waals surface area contributed by atoms with Gasteiger partial charge < -0.3 is 5.32 Å². The monoisotopic (exact) mass is 195 g/mol. The summed E-state index contributed by atoms with van der Waals surface area (Å²) in [4.78, 5) is 11.0. The molecule has 0 aromatic heterocycles. The molecule has 0 aliphatic heterocycles. The van der Waals surface area contributed by atoms with Crippen molar-refractivity contribution in [3.05, 3.63) is 11.8 Å². The van der Waals surface area contributed by atoms with Gasteiger partial charge >= 0.3 is 0 Å². The summed E-state index contributed by atoms with van der Waals surface area (Å²) in [5.41, 5.74) is 1.45. The van der Waals surface area contributed by atoms with Crippen LogP contribution in [0.4, 0.5) is 0 Å². The van der Waals surface area contributed by atoms with Gasteiger partial charge in [-0.05, 0) is 17.8 Å². The van der Waals surface area contributed by atoms with Crippen LogP contribution in [0.25, 0.3) is 0 Å². The molecule has 0 heterocycles. The van der Waals surface area contributed by atoms with Crippen LogP contribution < -0.4 is 5.32 Å². The highest BCUT2D eigenvalue weighted by molar-refractivity contribution is 5.92. The Balaban J connectivity index is 2.34. The van der Waals surface area contributed by atoms with Crippen molar-refractivity contribution in [2.45, 2.75) is 40.5 Å². The predicted octanol–water partition coefficient (Wildman–Crippen LogP) is 2.51.